The van der Waals surface area contributed by atoms with Crippen LogP contribution in [0.25, 0.3) is 0 Å². The van der Waals surface area contributed by atoms with Crippen molar-refractivity contribution < 1.29 is 4.74 Å². The molecular weight excluding hydrogens is 295 g/mol. The summed E-state index contributed by atoms with van der Waals surface area (Å²) in [6, 6.07) is 5.47. The summed E-state index contributed by atoms with van der Waals surface area (Å²) in [5, 5.41) is 1.23. The standard InChI is InChI=1S/C15H22Cl2N2O/c1-14(2)8-12(15(3,4)20-14)13(19-18)9-5-10(16)7-11(17)6-9/h5-7,12-13,19H,8,18H2,1-4H3. The summed E-state index contributed by atoms with van der Waals surface area (Å²) in [6.45, 7) is 8.41. The summed E-state index contributed by atoms with van der Waals surface area (Å²) in [6.07, 6.45) is 0.916. The molecule has 0 bridgehead atoms. The molecule has 1 aromatic rings. The minimum absolute atomic E-state index is 0.0528. The van der Waals surface area contributed by atoms with Crippen LogP contribution in [0.5, 0.6) is 0 Å². The van der Waals surface area contributed by atoms with Crippen LogP contribution < -0.4 is 11.3 Å². The first kappa shape index (κ1) is 16.1. The van der Waals surface area contributed by atoms with Gasteiger partial charge in [-0.05, 0) is 57.9 Å². The summed E-state index contributed by atoms with van der Waals surface area (Å²) < 4.78 is 6.15. The smallest absolute Gasteiger partial charge is 0.0681 e. The molecule has 0 amide bonds. The first-order valence-electron chi connectivity index (χ1n) is 6.77. The normalized spacial score (nSPS) is 25.6. The van der Waals surface area contributed by atoms with E-state index in [4.69, 9.17) is 33.8 Å². The highest BCUT2D eigenvalue weighted by atomic mass is 35.5. The maximum atomic E-state index is 6.15. The van der Waals surface area contributed by atoms with Gasteiger partial charge in [-0.3, -0.25) is 11.3 Å². The molecule has 0 aromatic heterocycles. The topological polar surface area (TPSA) is 47.3 Å². The largest absolute Gasteiger partial charge is 0.369 e. The van der Waals surface area contributed by atoms with Crippen LogP contribution in [0.1, 0.15) is 45.7 Å². The first-order chi connectivity index (χ1) is 9.14. The molecule has 5 heteroatoms. The molecule has 0 aliphatic carbocycles. The quantitative estimate of drug-likeness (QED) is 0.652. The van der Waals surface area contributed by atoms with E-state index in [-0.39, 0.29) is 23.2 Å². The molecule has 2 atom stereocenters. The molecule has 3 nitrogen and oxygen atoms in total. The maximum Gasteiger partial charge on any atom is 0.0681 e. The van der Waals surface area contributed by atoms with E-state index < -0.39 is 0 Å². The van der Waals surface area contributed by atoms with Crippen LogP contribution in [0, 0.1) is 5.92 Å². The Balaban J connectivity index is 2.37. The SMILES string of the molecule is CC1(C)CC(C(NN)c2cc(Cl)cc(Cl)c2)C(C)(C)O1. The number of hydrogen-bond acceptors (Lipinski definition) is 3. The van der Waals surface area contributed by atoms with Gasteiger partial charge in [-0.2, -0.15) is 0 Å². The fourth-order valence-electron chi connectivity index (χ4n) is 3.32. The molecule has 2 rings (SSSR count). The molecule has 112 valence electrons. The second kappa shape index (κ2) is 5.47. The number of hydrazine groups is 1. The van der Waals surface area contributed by atoms with E-state index in [1.165, 1.54) is 0 Å². The molecule has 20 heavy (non-hydrogen) atoms. The summed E-state index contributed by atoms with van der Waals surface area (Å²) in [5.41, 5.74) is 3.47. The molecule has 1 fully saturated rings. The van der Waals surface area contributed by atoms with E-state index in [1.807, 2.05) is 12.1 Å². The van der Waals surface area contributed by atoms with Crippen molar-refractivity contribution in [1.29, 1.82) is 0 Å². The third-order valence-electron chi connectivity index (χ3n) is 3.97. The Morgan fingerprint density at radius 2 is 1.75 bits per heavy atom. The van der Waals surface area contributed by atoms with Gasteiger partial charge in [-0.25, -0.2) is 0 Å². The van der Waals surface area contributed by atoms with E-state index in [0.29, 0.717) is 10.0 Å². The van der Waals surface area contributed by atoms with E-state index in [1.54, 1.807) is 6.07 Å². The Morgan fingerprint density at radius 1 is 1.20 bits per heavy atom. The predicted octanol–water partition coefficient (Wildman–Crippen LogP) is 4.09. The van der Waals surface area contributed by atoms with Crippen molar-refractivity contribution in [2.75, 3.05) is 0 Å². The molecule has 0 spiro atoms. The van der Waals surface area contributed by atoms with Crippen LogP contribution in [0.3, 0.4) is 0 Å². The number of hydrogen-bond donors (Lipinski definition) is 2. The van der Waals surface area contributed by atoms with E-state index in [2.05, 4.69) is 33.1 Å². The Morgan fingerprint density at radius 3 is 2.15 bits per heavy atom. The lowest BCUT2D eigenvalue weighted by Crippen LogP contribution is -2.41. The van der Waals surface area contributed by atoms with Crippen LogP contribution in [-0.2, 0) is 4.74 Å². The molecule has 0 radical (unpaired) electrons. The van der Waals surface area contributed by atoms with Crippen LogP contribution >= 0.6 is 23.2 Å². The van der Waals surface area contributed by atoms with Crippen molar-refractivity contribution in [1.82, 2.24) is 5.43 Å². The highest BCUT2D eigenvalue weighted by Gasteiger charge is 2.49. The Hall–Kier alpha value is -0.320. The zero-order valence-electron chi connectivity index (χ0n) is 12.3. The zero-order valence-corrected chi connectivity index (χ0v) is 13.8. The average Bonchev–Trinajstić information content (AvgIpc) is 2.46. The van der Waals surface area contributed by atoms with Gasteiger partial charge in [-0.15, -0.1) is 0 Å². The third-order valence-corrected chi connectivity index (χ3v) is 4.41. The van der Waals surface area contributed by atoms with Gasteiger partial charge < -0.3 is 4.74 Å². The van der Waals surface area contributed by atoms with Crippen LogP contribution in [0.15, 0.2) is 18.2 Å². The van der Waals surface area contributed by atoms with Crippen LogP contribution in [0.2, 0.25) is 10.0 Å². The van der Waals surface area contributed by atoms with Crippen LogP contribution in [-0.4, -0.2) is 11.2 Å². The predicted molar refractivity (Wildman–Crippen MR) is 83.9 cm³/mol. The maximum absolute atomic E-state index is 6.15. The Kier molecular flexibility index (Phi) is 4.39. The van der Waals surface area contributed by atoms with Crippen molar-refractivity contribution in [3.63, 3.8) is 0 Å². The third kappa shape index (κ3) is 3.29. The summed E-state index contributed by atoms with van der Waals surface area (Å²) in [4.78, 5) is 0. The van der Waals surface area contributed by atoms with Crippen molar-refractivity contribution in [3.05, 3.63) is 33.8 Å². The summed E-state index contributed by atoms with van der Waals surface area (Å²) in [7, 11) is 0. The van der Waals surface area contributed by atoms with Gasteiger partial charge in [0.2, 0.25) is 0 Å². The Bertz CT molecular complexity index is 482. The number of halogens is 2. The molecule has 1 heterocycles. The van der Waals surface area contributed by atoms with Gasteiger partial charge in [0.05, 0.1) is 17.2 Å². The lowest BCUT2D eigenvalue weighted by molar-refractivity contribution is -0.0779. The van der Waals surface area contributed by atoms with Crippen molar-refractivity contribution in [2.45, 2.75) is 51.4 Å². The second-order valence-electron chi connectivity index (χ2n) is 6.62. The summed E-state index contributed by atoms with van der Waals surface area (Å²) in [5.74, 6) is 6.04. The molecule has 1 aliphatic heterocycles. The van der Waals surface area contributed by atoms with E-state index in [9.17, 15) is 0 Å². The monoisotopic (exact) mass is 316 g/mol. The number of rotatable bonds is 3. The van der Waals surface area contributed by atoms with Gasteiger partial charge in [0, 0.05) is 16.0 Å². The highest BCUT2D eigenvalue weighted by molar-refractivity contribution is 6.34. The summed E-state index contributed by atoms with van der Waals surface area (Å²) >= 11 is 12.2. The van der Waals surface area contributed by atoms with Gasteiger partial charge in [0.1, 0.15) is 0 Å². The molecule has 0 saturated carbocycles. The number of nitrogens with one attached hydrogen (secondary N) is 1. The zero-order chi connectivity index (χ0) is 15.1. The van der Waals surface area contributed by atoms with Gasteiger partial charge in [0.25, 0.3) is 0 Å². The first-order valence-corrected chi connectivity index (χ1v) is 7.52. The Labute approximate surface area is 130 Å². The fourth-order valence-corrected chi connectivity index (χ4v) is 3.87. The van der Waals surface area contributed by atoms with Gasteiger partial charge in [-0.1, -0.05) is 23.2 Å². The highest BCUT2D eigenvalue weighted by Crippen LogP contribution is 2.47. The molecular formula is C15H22Cl2N2O. The fraction of sp³-hybridized carbons (Fsp3) is 0.600. The lowest BCUT2D eigenvalue weighted by Gasteiger charge is -2.33. The van der Waals surface area contributed by atoms with Gasteiger partial charge >= 0.3 is 0 Å². The molecule has 1 aliphatic rings. The van der Waals surface area contributed by atoms with E-state index in [0.717, 1.165) is 12.0 Å². The van der Waals surface area contributed by atoms with Crippen LogP contribution in [0.4, 0.5) is 0 Å². The molecule has 3 N–H and O–H groups in total. The molecule has 1 aromatic carbocycles. The molecule has 2 unspecified atom stereocenters. The van der Waals surface area contributed by atoms with Crippen molar-refractivity contribution in [2.24, 2.45) is 11.8 Å². The number of nitrogens with two attached hydrogens (primary N) is 1. The van der Waals surface area contributed by atoms with Crippen molar-refractivity contribution in [3.8, 4) is 0 Å². The minimum atomic E-state index is -0.269. The van der Waals surface area contributed by atoms with E-state index >= 15 is 0 Å². The van der Waals surface area contributed by atoms with Gasteiger partial charge in [0.15, 0.2) is 0 Å². The lowest BCUT2D eigenvalue weighted by atomic mass is 9.79. The number of ether oxygens (including phenoxy) is 1. The molecule has 1 saturated heterocycles. The number of benzene rings is 1. The average molecular weight is 317 g/mol. The second-order valence-corrected chi connectivity index (χ2v) is 7.50. The minimum Gasteiger partial charge on any atom is -0.369 e. The van der Waals surface area contributed by atoms with Crippen molar-refractivity contribution >= 4 is 23.2 Å².